The van der Waals surface area contributed by atoms with E-state index in [-0.39, 0.29) is 17.4 Å². The van der Waals surface area contributed by atoms with Gasteiger partial charge in [0.15, 0.2) is 0 Å². The lowest BCUT2D eigenvalue weighted by atomic mass is 9.78. The van der Waals surface area contributed by atoms with E-state index < -0.39 is 0 Å². The van der Waals surface area contributed by atoms with E-state index >= 15 is 0 Å². The SMILES string of the molecule is CCCCCCOC(=O)CCCCCCCCC(=O)OCC(CC)(CC)CCCC. The minimum absolute atomic E-state index is 0.0422. The van der Waals surface area contributed by atoms with Gasteiger partial charge in [-0.05, 0) is 38.5 Å². The van der Waals surface area contributed by atoms with Gasteiger partial charge in [0.2, 0.25) is 0 Å². The van der Waals surface area contributed by atoms with Crippen LogP contribution < -0.4 is 0 Å². The van der Waals surface area contributed by atoms with Gasteiger partial charge in [0.1, 0.15) is 0 Å². The molecule has 0 heterocycles. The summed E-state index contributed by atoms with van der Waals surface area (Å²) in [7, 11) is 0. The molecule has 4 heteroatoms. The van der Waals surface area contributed by atoms with E-state index in [4.69, 9.17) is 9.47 Å². The second-order valence-electron chi connectivity index (χ2n) is 8.87. The van der Waals surface area contributed by atoms with Crippen molar-refractivity contribution in [1.29, 1.82) is 0 Å². The second-order valence-corrected chi connectivity index (χ2v) is 8.87. The topological polar surface area (TPSA) is 52.6 Å². The smallest absolute Gasteiger partial charge is 0.305 e. The number of hydrogen-bond donors (Lipinski definition) is 0. The first kappa shape index (κ1) is 28.9. The van der Waals surface area contributed by atoms with Crippen LogP contribution in [-0.2, 0) is 19.1 Å². The van der Waals surface area contributed by atoms with Crippen molar-refractivity contribution in [1.82, 2.24) is 0 Å². The van der Waals surface area contributed by atoms with Gasteiger partial charge in [0.25, 0.3) is 0 Å². The Kier molecular flexibility index (Phi) is 19.2. The van der Waals surface area contributed by atoms with Crippen molar-refractivity contribution < 1.29 is 19.1 Å². The molecule has 0 aliphatic carbocycles. The van der Waals surface area contributed by atoms with E-state index in [9.17, 15) is 9.59 Å². The van der Waals surface area contributed by atoms with E-state index in [1.807, 2.05) is 0 Å². The molecule has 0 aliphatic rings. The molecule has 30 heavy (non-hydrogen) atoms. The highest BCUT2D eigenvalue weighted by Gasteiger charge is 2.27. The second kappa shape index (κ2) is 19.9. The molecule has 0 fully saturated rings. The largest absolute Gasteiger partial charge is 0.466 e. The zero-order chi connectivity index (χ0) is 22.5. The van der Waals surface area contributed by atoms with Crippen molar-refractivity contribution in [3.05, 3.63) is 0 Å². The van der Waals surface area contributed by atoms with Gasteiger partial charge in [-0.1, -0.05) is 85.5 Å². The maximum atomic E-state index is 12.1. The number of unbranched alkanes of at least 4 members (excludes halogenated alkanes) is 9. The fourth-order valence-corrected chi connectivity index (χ4v) is 3.77. The van der Waals surface area contributed by atoms with Gasteiger partial charge in [0.05, 0.1) is 13.2 Å². The molecule has 0 atom stereocenters. The fourth-order valence-electron chi connectivity index (χ4n) is 3.77. The first-order chi connectivity index (χ1) is 14.5. The van der Waals surface area contributed by atoms with Crippen LogP contribution in [0.2, 0.25) is 0 Å². The lowest BCUT2D eigenvalue weighted by Gasteiger charge is -2.31. The summed E-state index contributed by atoms with van der Waals surface area (Å²) in [6.45, 7) is 9.96. The van der Waals surface area contributed by atoms with Crippen molar-refractivity contribution in [2.45, 2.75) is 137 Å². The van der Waals surface area contributed by atoms with E-state index in [1.54, 1.807) is 0 Å². The van der Waals surface area contributed by atoms with Gasteiger partial charge in [-0.3, -0.25) is 9.59 Å². The molecule has 0 aliphatic heterocycles. The zero-order valence-electron chi connectivity index (χ0n) is 20.6. The number of rotatable bonds is 21. The van der Waals surface area contributed by atoms with Crippen LogP contribution in [0, 0.1) is 5.41 Å². The summed E-state index contributed by atoms with van der Waals surface area (Å²) in [5.74, 6) is -0.0946. The average molecular weight is 427 g/mol. The molecule has 0 unspecified atom stereocenters. The van der Waals surface area contributed by atoms with Gasteiger partial charge in [-0.15, -0.1) is 0 Å². The van der Waals surface area contributed by atoms with E-state index in [2.05, 4.69) is 27.7 Å². The summed E-state index contributed by atoms with van der Waals surface area (Å²) in [5, 5.41) is 0. The van der Waals surface area contributed by atoms with Gasteiger partial charge in [-0.25, -0.2) is 0 Å². The van der Waals surface area contributed by atoms with Crippen molar-refractivity contribution in [2.24, 2.45) is 5.41 Å². The average Bonchev–Trinajstić information content (AvgIpc) is 2.76. The standard InChI is InChI=1S/C26H50O4/c1-5-9-11-18-22-29-24(27)19-16-14-12-13-15-17-20-25(28)30-23-26(7-3,8-4)21-10-6-2/h5-23H2,1-4H3. The maximum Gasteiger partial charge on any atom is 0.305 e. The van der Waals surface area contributed by atoms with Crippen LogP contribution in [0.4, 0.5) is 0 Å². The molecule has 0 saturated heterocycles. The number of esters is 2. The van der Waals surface area contributed by atoms with Crippen LogP contribution in [-0.4, -0.2) is 25.2 Å². The molecule has 0 rings (SSSR count). The van der Waals surface area contributed by atoms with E-state index in [1.165, 1.54) is 25.7 Å². The summed E-state index contributed by atoms with van der Waals surface area (Å²) >= 11 is 0. The Bertz CT molecular complexity index is 415. The molecule has 0 aromatic carbocycles. The highest BCUT2D eigenvalue weighted by Crippen LogP contribution is 2.33. The lowest BCUT2D eigenvalue weighted by Crippen LogP contribution is -2.27. The Morgan fingerprint density at radius 2 is 1.10 bits per heavy atom. The predicted molar refractivity (Wildman–Crippen MR) is 126 cm³/mol. The van der Waals surface area contributed by atoms with Gasteiger partial charge in [-0.2, -0.15) is 0 Å². The molecule has 0 amide bonds. The normalized spacial score (nSPS) is 11.5. The lowest BCUT2D eigenvalue weighted by molar-refractivity contribution is -0.148. The molecule has 0 radical (unpaired) electrons. The van der Waals surface area contributed by atoms with Crippen LogP contribution in [0.25, 0.3) is 0 Å². The molecule has 0 aromatic heterocycles. The first-order valence-electron chi connectivity index (χ1n) is 12.8. The Balaban J connectivity index is 3.63. The van der Waals surface area contributed by atoms with E-state index in [0.29, 0.717) is 26.1 Å². The minimum atomic E-state index is -0.0524. The summed E-state index contributed by atoms with van der Waals surface area (Å²) < 4.78 is 10.9. The Morgan fingerprint density at radius 1 is 0.600 bits per heavy atom. The van der Waals surface area contributed by atoms with Crippen molar-refractivity contribution in [3.63, 3.8) is 0 Å². The molecule has 0 aromatic rings. The number of carbonyl (C=O) groups excluding carboxylic acids is 2. The van der Waals surface area contributed by atoms with Crippen molar-refractivity contribution in [2.75, 3.05) is 13.2 Å². The van der Waals surface area contributed by atoms with E-state index in [0.717, 1.165) is 70.6 Å². The highest BCUT2D eigenvalue weighted by molar-refractivity contribution is 5.69. The fraction of sp³-hybridized carbons (Fsp3) is 0.923. The highest BCUT2D eigenvalue weighted by atomic mass is 16.5. The molecular formula is C26H50O4. The third-order valence-electron chi connectivity index (χ3n) is 6.37. The molecule has 0 spiro atoms. The molecular weight excluding hydrogens is 376 g/mol. The van der Waals surface area contributed by atoms with Gasteiger partial charge < -0.3 is 9.47 Å². The Labute approximate surface area is 186 Å². The molecule has 178 valence electrons. The van der Waals surface area contributed by atoms with Crippen LogP contribution in [0.3, 0.4) is 0 Å². The third kappa shape index (κ3) is 15.7. The molecule has 0 N–H and O–H groups in total. The molecule has 0 bridgehead atoms. The summed E-state index contributed by atoms with van der Waals surface area (Å²) in [6, 6.07) is 0. The van der Waals surface area contributed by atoms with Crippen molar-refractivity contribution in [3.8, 4) is 0 Å². The van der Waals surface area contributed by atoms with Crippen LogP contribution >= 0.6 is 0 Å². The third-order valence-corrected chi connectivity index (χ3v) is 6.37. The van der Waals surface area contributed by atoms with Gasteiger partial charge in [0, 0.05) is 18.3 Å². The minimum Gasteiger partial charge on any atom is -0.466 e. The van der Waals surface area contributed by atoms with Crippen LogP contribution in [0.5, 0.6) is 0 Å². The summed E-state index contributed by atoms with van der Waals surface area (Å²) in [5.41, 5.74) is 0.169. The summed E-state index contributed by atoms with van der Waals surface area (Å²) in [4.78, 5) is 23.7. The molecule has 4 nitrogen and oxygen atoms in total. The van der Waals surface area contributed by atoms with Crippen molar-refractivity contribution >= 4 is 11.9 Å². The zero-order valence-corrected chi connectivity index (χ0v) is 20.6. The molecule has 0 saturated carbocycles. The number of carbonyl (C=O) groups is 2. The Morgan fingerprint density at radius 3 is 1.63 bits per heavy atom. The predicted octanol–water partition coefficient (Wildman–Crippen LogP) is 7.77. The number of ether oxygens (including phenoxy) is 2. The summed E-state index contributed by atoms with van der Waals surface area (Å²) in [6.07, 6.45) is 17.5. The van der Waals surface area contributed by atoms with Crippen LogP contribution in [0.1, 0.15) is 137 Å². The number of hydrogen-bond acceptors (Lipinski definition) is 4. The monoisotopic (exact) mass is 426 g/mol. The Hall–Kier alpha value is -1.06. The quantitative estimate of drug-likeness (QED) is 0.139. The first-order valence-corrected chi connectivity index (χ1v) is 12.8. The van der Waals surface area contributed by atoms with Crippen LogP contribution in [0.15, 0.2) is 0 Å². The maximum absolute atomic E-state index is 12.1. The van der Waals surface area contributed by atoms with Gasteiger partial charge >= 0.3 is 11.9 Å².